The lowest BCUT2D eigenvalue weighted by molar-refractivity contribution is -0.384. The third kappa shape index (κ3) is 3.15. The van der Waals surface area contributed by atoms with Gasteiger partial charge in [-0.3, -0.25) is 10.1 Å². The monoisotopic (exact) mass is 270 g/mol. The van der Waals surface area contributed by atoms with Gasteiger partial charge in [-0.2, -0.15) is 0 Å². The first-order valence-corrected chi connectivity index (χ1v) is 6.52. The molecule has 0 unspecified atom stereocenters. The van der Waals surface area contributed by atoms with Crippen molar-refractivity contribution in [1.29, 1.82) is 0 Å². The zero-order chi connectivity index (χ0) is 14.7. The van der Waals surface area contributed by atoms with Gasteiger partial charge < -0.3 is 5.32 Å². The van der Waals surface area contributed by atoms with Crippen LogP contribution in [0.1, 0.15) is 22.3 Å². The number of nitrogens with one attached hydrogen (secondary N) is 1. The minimum absolute atomic E-state index is 0.112. The topological polar surface area (TPSA) is 55.2 Å². The Bertz CT molecular complexity index is 651. The molecular formula is C16H18N2O2. The van der Waals surface area contributed by atoms with Crippen molar-refractivity contribution >= 4 is 11.4 Å². The number of aryl methyl sites for hydroxylation is 3. The van der Waals surface area contributed by atoms with Crippen LogP contribution in [-0.2, 0) is 6.54 Å². The average Bonchev–Trinajstić information content (AvgIpc) is 2.39. The van der Waals surface area contributed by atoms with Crippen molar-refractivity contribution in [3.63, 3.8) is 0 Å². The minimum atomic E-state index is -0.356. The van der Waals surface area contributed by atoms with Crippen LogP contribution in [0.4, 0.5) is 11.4 Å². The molecule has 0 saturated carbocycles. The van der Waals surface area contributed by atoms with E-state index in [2.05, 4.69) is 23.5 Å². The van der Waals surface area contributed by atoms with Crippen LogP contribution in [0.15, 0.2) is 36.4 Å². The van der Waals surface area contributed by atoms with Crippen molar-refractivity contribution < 1.29 is 4.92 Å². The molecule has 0 amide bonds. The molecular weight excluding hydrogens is 252 g/mol. The molecule has 1 N–H and O–H groups in total. The lowest BCUT2D eigenvalue weighted by Gasteiger charge is -2.11. The fourth-order valence-corrected chi connectivity index (χ4v) is 2.13. The Kier molecular flexibility index (Phi) is 4.03. The molecule has 0 aliphatic carbocycles. The zero-order valence-corrected chi connectivity index (χ0v) is 11.9. The van der Waals surface area contributed by atoms with E-state index in [0.717, 1.165) is 11.1 Å². The summed E-state index contributed by atoms with van der Waals surface area (Å²) in [6.07, 6.45) is 0. The normalized spacial score (nSPS) is 10.3. The lowest BCUT2D eigenvalue weighted by atomic mass is 10.1. The van der Waals surface area contributed by atoms with Gasteiger partial charge in [-0.25, -0.2) is 0 Å². The standard InChI is InChI=1S/C16H18N2O2/c1-11-4-6-13(3)14(8-11)10-17-15-9-12(2)5-7-16(15)18(19)20/h4-9,17H,10H2,1-3H3. The first-order valence-electron chi connectivity index (χ1n) is 6.52. The molecule has 0 aliphatic heterocycles. The number of nitro benzene ring substituents is 1. The van der Waals surface area contributed by atoms with Crippen LogP contribution in [0.3, 0.4) is 0 Å². The van der Waals surface area contributed by atoms with E-state index in [1.165, 1.54) is 11.1 Å². The van der Waals surface area contributed by atoms with E-state index >= 15 is 0 Å². The highest BCUT2D eigenvalue weighted by Gasteiger charge is 2.13. The van der Waals surface area contributed by atoms with E-state index in [1.54, 1.807) is 12.1 Å². The Morgan fingerprint density at radius 1 is 1.05 bits per heavy atom. The van der Waals surface area contributed by atoms with E-state index in [-0.39, 0.29) is 10.6 Å². The molecule has 0 bridgehead atoms. The van der Waals surface area contributed by atoms with Crippen LogP contribution < -0.4 is 5.32 Å². The second-order valence-electron chi connectivity index (χ2n) is 5.06. The molecule has 4 heteroatoms. The predicted molar refractivity (Wildman–Crippen MR) is 81.1 cm³/mol. The van der Waals surface area contributed by atoms with Gasteiger partial charge in [0.1, 0.15) is 5.69 Å². The molecule has 4 nitrogen and oxygen atoms in total. The van der Waals surface area contributed by atoms with Gasteiger partial charge in [0, 0.05) is 12.6 Å². The maximum atomic E-state index is 11.0. The van der Waals surface area contributed by atoms with Gasteiger partial charge in [-0.1, -0.05) is 29.8 Å². The summed E-state index contributed by atoms with van der Waals surface area (Å²) in [6, 6.07) is 11.3. The molecule has 0 aromatic heterocycles. The molecule has 0 fully saturated rings. The zero-order valence-electron chi connectivity index (χ0n) is 11.9. The highest BCUT2D eigenvalue weighted by molar-refractivity contribution is 5.62. The number of nitro groups is 1. The summed E-state index contributed by atoms with van der Waals surface area (Å²) in [5, 5.41) is 14.2. The molecule has 0 radical (unpaired) electrons. The van der Waals surface area contributed by atoms with Crippen molar-refractivity contribution in [3.05, 3.63) is 68.8 Å². The van der Waals surface area contributed by atoms with Gasteiger partial charge in [0.05, 0.1) is 4.92 Å². The predicted octanol–water partition coefficient (Wildman–Crippen LogP) is 4.13. The van der Waals surface area contributed by atoms with Gasteiger partial charge in [-0.15, -0.1) is 0 Å². The van der Waals surface area contributed by atoms with Gasteiger partial charge in [-0.05, 0) is 43.5 Å². The van der Waals surface area contributed by atoms with Crippen molar-refractivity contribution in [2.75, 3.05) is 5.32 Å². The fourth-order valence-electron chi connectivity index (χ4n) is 2.13. The Morgan fingerprint density at radius 3 is 2.40 bits per heavy atom. The van der Waals surface area contributed by atoms with Crippen molar-refractivity contribution in [3.8, 4) is 0 Å². The Balaban J connectivity index is 2.24. The molecule has 2 aromatic rings. The number of anilines is 1. The maximum Gasteiger partial charge on any atom is 0.292 e. The minimum Gasteiger partial charge on any atom is -0.375 e. The van der Waals surface area contributed by atoms with Crippen LogP contribution >= 0.6 is 0 Å². The van der Waals surface area contributed by atoms with E-state index in [9.17, 15) is 10.1 Å². The number of benzene rings is 2. The molecule has 20 heavy (non-hydrogen) atoms. The highest BCUT2D eigenvalue weighted by Crippen LogP contribution is 2.26. The maximum absolute atomic E-state index is 11.0. The summed E-state index contributed by atoms with van der Waals surface area (Å²) >= 11 is 0. The molecule has 2 rings (SSSR count). The van der Waals surface area contributed by atoms with Crippen LogP contribution in [0.2, 0.25) is 0 Å². The highest BCUT2D eigenvalue weighted by atomic mass is 16.6. The van der Waals surface area contributed by atoms with Crippen LogP contribution in [0.25, 0.3) is 0 Å². The molecule has 2 aromatic carbocycles. The molecule has 0 aliphatic rings. The lowest BCUT2D eigenvalue weighted by Crippen LogP contribution is -2.04. The third-order valence-electron chi connectivity index (χ3n) is 3.32. The summed E-state index contributed by atoms with van der Waals surface area (Å²) < 4.78 is 0. The summed E-state index contributed by atoms with van der Waals surface area (Å²) in [5.74, 6) is 0. The summed E-state index contributed by atoms with van der Waals surface area (Å²) in [6.45, 7) is 6.59. The van der Waals surface area contributed by atoms with E-state index in [0.29, 0.717) is 12.2 Å². The van der Waals surface area contributed by atoms with Crippen LogP contribution in [0.5, 0.6) is 0 Å². The molecule has 0 spiro atoms. The van der Waals surface area contributed by atoms with Gasteiger partial charge in [0.15, 0.2) is 0 Å². The second-order valence-corrected chi connectivity index (χ2v) is 5.06. The molecule has 104 valence electrons. The third-order valence-corrected chi connectivity index (χ3v) is 3.32. The smallest absolute Gasteiger partial charge is 0.292 e. The largest absolute Gasteiger partial charge is 0.375 e. The van der Waals surface area contributed by atoms with Crippen molar-refractivity contribution in [1.82, 2.24) is 0 Å². The molecule has 0 atom stereocenters. The fraction of sp³-hybridized carbons (Fsp3) is 0.250. The van der Waals surface area contributed by atoms with E-state index < -0.39 is 0 Å². The quantitative estimate of drug-likeness (QED) is 0.671. The first-order chi connectivity index (χ1) is 9.47. The number of rotatable bonds is 4. The molecule has 0 saturated heterocycles. The summed E-state index contributed by atoms with van der Waals surface area (Å²) in [5.41, 5.74) is 5.20. The van der Waals surface area contributed by atoms with Gasteiger partial charge in [0.2, 0.25) is 0 Å². The Hall–Kier alpha value is -2.36. The van der Waals surface area contributed by atoms with E-state index in [1.807, 2.05) is 26.8 Å². The van der Waals surface area contributed by atoms with E-state index in [4.69, 9.17) is 0 Å². The van der Waals surface area contributed by atoms with Gasteiger partial charge in [0.25, 0.3) is 5.69 Å². The van der Waals surface area contributed by atoms with Crippen molar-refractivity contribution in [2.24, 2.45) is 0 Å². The summed E-state index contributed by atoms with van der Waals surface area (Å²) in [7, 11) is 0. The Morgan fingerprint density at radius 2 is 1.70 bits per heavy atom. The van der Waals surface area contributed by atoms with Crippen molar-refractivity contribution in [2.45, 2.75) is 27.3 Å². The van der Waals surface area contributed by atoms with Crippen LogP contribution in [-0.4, -0.2) is 4.92 Å². The summed E-state index contributed by atoms with van der Waals surface area (Å²) in [4.78, 5) is 10.7. The Labute approximate surface area is 118 Å². The van der Waals surface area contributed by atoms with Gasteiger partial charge >= 0.3 is 0 Å². The number of hydrogen-bond acceptors (Lipinski definition) is 3. The first kappa shape index (κ1) is 14.1. The number of nitrogens with zero attached hydrogens (tertiary/aromatic N) is 1. The average molecular weight is 270 g/mol. The SMILES string of the molecule is Cc1ccc(C)c(CNc2cc(C)ccc2[N+](=O)[O-])c1. The molecule has 0 heterocycles. The second kappa shape index (κ2) is 5.74. The van der Waals surface area contributed by atoms with Crippen LogP contribution in [0, 0.1) is 30.9 Å². The number of hydrogen-bond donors (Lipinski definition) is 1.